The second-order valence-corrected chi connectivity index (χ2v) is 20.7. The first-order chi connectivity index (χ1) is 21.1. The van der Waals surface area contributed by atoms with E-state index >= 15 is 0 Å². The van der Waals surface area contributed by atoms with Gasteiger partial charge in [-0.2, -0.15) is 10.1 Å². The summed E-state index contributed by atoms with van der Waals surface area (Å²) in [5, 5.41) is 9.45. The molecular weight excluding hydrogens is 610 g/mol. The first kappa shape index (κ1) is 31.6. The summed E-state index contributed by atoms with van der Waals surface area (Å²) in [7, 11) is 2.34. The molecule has 1 saturated carbocycles. The largest absolute Gasteiger partial charge is 0.444 e. The van der Waals surface area contributed by atoms with Crippen molar-refractivity contribution in [2.45, 2.75) is 83.7 Å². The molecule has 1 amide bonds. The monoisotopic (exact) mass is 653 g/mol. The Balaban J connectivity index is 1.41. The third-order valence-electron chi connectivity index (χ3n) is 8.86. The summed E-state index contributed by atoms with van der Waals surface area (Å²) in [4.78, 5) is 34.3. The number of halogens is 1. The lowest BCUT2D eigenvalue weighted by Gasteiger charge is -2.30. The van der Waals surface area contributed by atoms with Gasteiger partial charge in [0.25, 0.3) is 5.56 Å². The van der Waals surface area contributed by atoms with Crippen LogP contribution >= 0.6 is 11.6 Å². The van der Waals surface area contributed by atoms with E-state index in [1.165, 1.54) is 0 Å². The number of hydrogen-bond acceptors (Lipinski definition) is 7. The number of alkyl carbamates (subject to hydrolysis) is 1. The molecule has 1 aromatic carbocycles. The van der Waals surface area contributed by atoms with E-state index in [2.05, 4.69) is 35.0 Å². The van der Waals surface area contributed by atoms with Crippen LogP contribution in [0.15, 0.2) is 29.3 Å². The number of ether oxygens (including phenoxy) is 2. The van der Waals surface area contributed by atoms with Gasteiger partial charge in [0.05, 0.1) is 28.0 Å². The molecule has 45 heavy (non-hydrogen) atoms. The van der Waals surface area contributed by atoms with Gasteiger partial charge in [-0.3, -0.25) is 14.0 Å². The summed E-state index contributed by atoms with van der Waals surface area (Å²) in [5.74, 6) is 0.824. The van der Waals surface area contributed by atoms with Crippen LogP contribution in [0.2, 0.25) is 30.7 Å². The molecule has 1 N–H and O–H groups in total. The molecule has 3 aromatic heterocycles. The van der Waals surface area contributed by atoms with Gasteiger partial charge >= 0.3 is 6.09 Å². The van der Waals surface area contributed by atoms with Gasteiger partial charge in [0, 0.05) is 64.2 Å². The summed E-state index contributed by atoms with van der Waals surface area (Å²) < 4.78 is 17.0. The van der Waals surface area contributed by atoms with Crippen molar-refractivity contribution in [1.29, 1.82) is 0 Å². The Bertz CT molecular complexity index is 1830. The Morgan fingerprint density at radius 1 is 1.13 bits per heavy atom. The fourth-order valence-electron chi connectivity index (χ4n) is 6.68. The van der Waals surface area contributed by atoms with Crippen LogP contribution in [0.3, 0.4) is 0 Å². The molecule has 3 atom stereocenters. The number of rotatable bonds is 8. The number of nitrogens with one attached hydrogen (secondary N) is 1. The summed E-state index contributed by atoms with van der Waals surface area (Å²) in [6.45, 7) is 14.1. The van der Waals surface area contributed by atoms with E-state index in [9.17, 15) is 9.59 Å². The molecule has 4 aromatic rings. The minimum atomic E-state index is -1.29. The number of aromatic nitrogens is 5. The Kier molecular flexibility index (Phi) is 8.06. The van der Waals surface area contributed by atoms with Crippen LogP contribution in [-0.4, -0.2) is 68.9 Å². The molecule has 2 bridgehead atoms. The molecular formula is C32H44ClN7O4Si. The van der Waals surface area contributed by atoms with E-state index in [1.807, 2.05) is 56.9 Å². The van der Waals surface area contributed by atoms with Gasteiger partial charge in [-0.05, 0) is 51.6 Å². The van der Waals surface area contributed by atoms with Crippen molar-refractivity contribution in [2.75, 3.05) is 18.1 Å². The van der Waals surface area contributed by atoms with Gasteiger partial charge in [-0.15, -0.1) is 0 Å². The number of carbonyl (C=O) groups excluding carboxylic acids is 1. The maximum Gasteiger partial charge on any atom is 0.407 e. The minimum absolute atomic E-state index is 0.0105. The third-order valence-corrected chi connectivity index (χ3v) is 11.0. The van der Waals surface area contributed by atoms with Gasteiger partial charge < -0.3 is 24.3 Å². The molecule has 1 aliphatic heterocycles. The lowest BCUT2D eigenvalue weighted by Crippen LogP contribution is -2.46. The van der Waals surface area contributed by atoms with E-state index in [4.69, 9.17) is 26.1 Å². The van der Waals surface area contributed by atoms with Crippen LogP contribution < -0.4 is 15.8 Å². The fraction of sp³-hybridized carbons (Fsp3) is 0.562. The molecule has 13 heteroatoms. The number of amides is 1. The second-order valence-electron chi connectivity index (χ2n) is 14.7. The van der Waals surface area contributed by atoms with Crippen LogP contribution in [-0.2, 0) is 30.3 Å². The third kappa shape index (κ3) is 6.11. The van der Waals surface area contributed by atoms with Crippen molar-refractivity contribution in [3.63, 3.8) is 0 Å². The van der Waals surface area contributed by atoms with E-state index in [1.54, 1.807) is 16.3 Å². The number of benzene rings is 1. The molecule has 2 aliphatic rings. The highest BCUT2D eigenvalue weighted by molar-refractivity contribution is 6.76. The molecule has 11 nitrogen and oxygen atoms in total. The predicted molar refractivity (Wildman–Crippen MR) is 181 cm³/mol. The minimum Gasteiger partial charge on any atom is -0.444 e. The summed E-state index contributed by atoms with van der Waals surface area (Å²) in [6, 6.07) is 4.81. The van der Waals surface area contributed by atoms with Crippen molar-refractivity contribution >= 4 is 53.7 Å². The molecule has 0 radical (unpaired) electrons. The number of anilines is 1. The van der Waals surface area contributed by atoms with Gasteiger partial charge in [0.1, 0.15) is 12.3 Å². The van der Waals surface area contributed by atoms with E-state index in [0.717, 1.165) is 35.4 Å². The van der Waals surface area contributed by atoms with Crippen molar-refractivity contribution in [3.8, 4) is 11.1 Å². The molecule has 1 saturated heterocycles. The highest BCUT2D eigenvalue weighted by Gasteiger charge is 2.49. The van der Waals surface area contributed by atoms with Crippen LogP contribution in [0, 0.1) is 5.92 Å². The van der Waals surface area contributed by atoms with Gasteiger partial charge in [0.2, 0.25) is 5.95 Å². The van der Waals surface area contributed by atoms with E-state index < -0.39 is 19.8 Å². The number of hydrogen-bond donors (Lipinski definition) is 1. The Labute approximate surface area is 269 Å². The predicted octanol–water partition coefficient (Wildman–Crippen LogP) is 5.75. The molecule has 2 fully saturated rings. The summed E-state index contributed by atoms with van der Waals surface area (Å²) in [6.07, 6.45) is 5.30. The highest BCUT2D eigenvalue weighted by atomic mass is 35.5. The number of piperidine rings is 1. The summed E-state index contributed by atoms with van der Waals surface area (Å²) in [5.41, 5.74) is 2.06. The lowest BCUT2D eigenvalue weighted by molar-refractivity contribution is 0.0497. The van der Waals surface area contributed by atoms with Crippen LogP contribution in [0.4, 0.5) is 10.7 Å². The fourth-order valence-corrected chi connectivity index (χ4v) is 7.75. The van der Waals surface area contributed by atoms with Gasteiger partial charge in [-0.25, -0.2) is 4.79 Å². The Morgan fingerprint density at radius 2 is 1.89 bits per heavy atom. The molecule has 242 valence electrons. The van der Waals surface area contributed by atoms with Crippen molar-refractivity contribution < 1.29 is 14.3 Å². The Hall–Kier alpha value is -3.35. The number of aryl methyl sites for hydroxylation is 1. The van der Waals surface area contributed by atoms with Crippen molar-refractivity contribution in [3.05, 3.63) is 39.9 Å². The molecule has 0 spiro atoms. The van der Waals surface area contributed by atoms with Crippen LogP contribution in [0.5, 0.6) is 0 Å². The zero-order chi connectivity index (χ0) is 32.4. The lowest BCUT2D eigenvalue weighted by atomic mass is 10.0. The van der Waals surface area contributed by atoms with Crippen LogP contribution in [0.1, 0.15) is 33.6 Å². The Morgan fingerprint density at radius 3 is 2.60 bits per heavy atom. The second kappa shape index (κ2) is 11.5. The normalized spacial score (nSPS) is 20.1. The van der Waals surface area contributed by atoms with Gasteiger partial charge in [-0.1, -0.05) is 37.3 Å². The average molecular weight is 654 g/mol. The number of nitrogens with zero attached hydrogens (tertiary/aromatic N) is 6. The molecule has 0 unspecified atom stereocenters. The first-order valence-corrected chi connectivity index (χ1v) is 19.8. The zero-order valence-electron chi connectivity index (χ0n) is 27.5. The zero-order valence-corrected chi connectivity index (χ0v) is 29.2. The standard InChI is InChI=1S/C32H44ClN7O4Si/c1-32(2,3)44-31(42)34-27-19-9-12-24(27)40(15-19)30-35-28-25(29(41)38(30)5)21(17-39(28)18-43-13-14-45(6,7)8)20-10-11-23-22(26(20)33)16-37(4)36-23/h10-11,16-17,19,24,27H,9,12-15,18H2,1-8H3,(H,34,42)/t19-,24-,27-/m0/s1. The SMILES string of the molecule is Cn1cc2c(Cl)c(-c3cn(COCC[Si](C)(C)C)c4nc(N5C[C@@H]6CC[C@H]5[C@H]6NC(=O)OC(C)(C)C)n(C)c(=O)c34)ccc2n1. The smallest absolute Gasteiger partial charge is 0.407 e. The molecule has 6 rings (SSSR count). The van der Waals surface area contributed by atoms with Gasteiger partial charge in [0.15, 0.2) is 5.65 Å². The van der Waals surface area contributed by atoms with Crippen molar-refractivity contribution in [1.82, 2.24) is 29.2 Å². The van der Waals surface area contributed by atoms with Crippen molar-refractivity contribution in [2.24, 2.45) is 20.0 Å². The number of carbonyl (C=O) groups is 1. The maximum absolute atomic E-state index is 14.3. The average Bonchev–Trinajstić information content (AvgIpc) is 3.69. The first-order valence-electron chi connectivity index (χ1n) is 15.7. The molecule has 1 aliphatic carbocycles. The number of fused-ring (bicyclic) bond motifs is 4. The topological polar surface area (TPSA) is 108 Å². The summed E-state index contributed by atoms with van der Waals surface area (Å²) >= 11 is 6.97. The van der Waals surface area contributed by atoms with E-state index in [0.29, 0.717) is 40.7 Å². The maximum atomic E-state index is 14.3. The quantitative estimate of drug-likeness (QED) is 0.191. The van der Waals surface area contributed by atoms with Crippen LogP contribution in [0.25, 0.3) is 33.1 Å². The van der Waals surface area contributed by atoms with E-state index in [-0.39, 0.29) is 30.3 Å². The highest BCUT2D eigenvalue weighted by Crippen LogP contribution is 2.41. The molecule has 4 heterocycles.